The molecule has 102 valence electrons. The summed E-state index contributed by atoms with van der Waals surface area (Å²) in [6.45, 7) is 4.58. The first kappa shape index (κ1) is 13.3. The average Bonchev–Trinajstić information content (AvgIpc) is 3.12. The molecule has 1 N–H and O–H groups in total. The Hall–Kier alpha value is -1.10. The maximum atomic E-state index is 11.9. The highest BCUT2D eigenvalue weighted by atomic mass is 16.5. The zero-order valence-electron chi connectivity index (χ0n) is 11.0. The van der Waals surface area contributed by atoms with E-state index in [1.165, 1.54) is 0 Å². The molecule has 0 unspecified atom stereocenters. The van der Waals surface area contributed by atoms with Crippen molar-refractivity contribution in [3.8, 4) is 0 Å². The fraction of sp³-hybridized carbons (Fsp3) is 0.846. The maximum absolute atomic E-state index is 11.9. The molecule has 1 heterocycles. The number of nitrogens with one attached hydrogen (secondary N) is 1. The van der Waals surface area contributed by atoms with Gasteiger partial charge in [-0.1, -0.05) is 0 Å². The van der Waals surface area contributed by atoms with Crippen LogP contribution in [0.3, 0.4) is 0 Å². The molecule has 2 rings (SSSR count). The quantitative estimate of drug-likeness (QED) is 0.675. The van der Waals surface area contributed by atoms with E-state index in [1.807, 2.05) is 11.8 Å². The maximum Gasteiger partial charge on any atom is 0.225 e. The largest absolute Gasteiger partial charge is 0.382 e. The van der Waals surface area contributed by atoms with Crippen molar-refractivity contribution in [1.29, 1.82) is 0 Å². The summed E-state index contributed by atoms with van der Waals surface area (Å²) in [5.74, 6) is 0.0140. The Bertz CT molecular complexity index is 315. The van der Waals surface area contributed by atoms with Crippen molar-refractivity contribution < 1.29 is 14.3 Å². The Balaban J connectivity index is 1.65. The Labute approximate surface area is 108 Å². The molecule has 5 heteroatoms. The van der Waals surface area contributed by atoms with Gasteiger partial charge < -0.3 is 15.0 Å². The van der Waals surface area contributed by atoms with Gasteiger partial charge in [0.05, 0.1) is 5.92 Å². The topological polar surface area (TPSA) is 58.6 Å². The third-order valence-electron chi connectivity index (χ3n) is 3.49. The second-order valence-corrected chi connectivity index (χ2v) is 5.02. The monoisotopic (exact) mass is 254 g/mol. The Kier molecular flexibility index (Phi) is 4.58. The van der Waals surface area contributed by atoms with Crippen LogP contribution in [-0.2, 0) is 14.3 Å². The van der Waals surface area contributed by atoms with Crippen LogP contribution in [0.5, 0.6) is 0 Å². The van der Waals surface area contributed by atoms with Crippen LogP contribution in [-0.4, -0.2) is 49.1 Å². The smallest absolute Gasteiger partial charge is 0.225 e. The molecule has 0 aromatic rings. The van der Waals surface area contributed by atoms with Crippen LogP contribution in [0.1, 0.15) is 32.6 Å². The summed E-state index contributed by atoms with van der Waals surface area (Å²) in [6.07, 6.45) is 3.42. The van der Waals surface area contributed by atoms with E-state index in [2.05, 4.69) is 5.32 Å². The second-order valence-electron chi connectivity index (χ2n) is 5.02. The fourth-order valence-corrected chi connectivity index (χ4v) is 2.32. The number of nitrogens with zero attached hydrogens (tertiary/aromatic N) is 1. The number of amides is 2. The lowest BCUT2D eigenvalue weighted by molar-refractivity contribution is -0.129. The molecule has 2 amide bonds. The number of carbonyl (C=O) groups excluding carboxylic acids is 2. The Morgan fingerprint density at radius 3 is 2.94 bits per heavy atom. The standard InChI is InChI=1S/C13H22N2O3/c1-2-18-7-3-6-14-13(17)10-8-12(16)15(9-10)11-4-5-11/h10-11H,2-9H2,1H3,(H,14,17)/t10-/m0/s1. The highest BCUT2D eigenvalue weighted by molar-refractivity contribution is 5.89. The van der Waals surface area contributed by atoms with Gasteiger partial charge >= 0.3 is 0 Å². The Morgan fingerprint density at radius 2 is 2.28 bits per heavy atom. The predicted molar refractivity (Wildman–Crippen MR) is 67.0 cm³/mol. The van der Waals surface area contributed by atoms with Gasteiger partial charge in [-0.05, 0) is 26.2 Å². The van der Waals surface area contributed by atoms with Crippen LogP contribution in [0.2, 0.25) is 0 Å². The minimum Gasteiger partial charge on any atom is -0.382 e. The molecule has 2 fully saturated rings. The van der Waals surface area contributed by atoms with Gasteiger partial charge in [-0.3, -0.25) is 9.59 Å². The molecule has 0 radical (unpaired) electrons. The molecular formula is C13H22N2O3. The minimum atomic E-state index is -0.148. The normalized spacial score (nSPS) is 23.5. The van der Waals surface area contributed by atoms with E-state index < -0.39 is 0 Å². The molecule has 0 bridgehead atoms. The first-order valence-electron chi connectivity index (χ1n) is 6.87. The first-order chi connectivity index (χ1) is 8.72. The van der Waals surface area contributed by atoms with Crippen LogP contribution in [0.4, 0.5) is 0 Å². The van der Waals surface area contributed by atoms with Gasteiger partial charge in [0.25, 0.3) is 0 Å². The van der Waals surface area contributed by atoms with Crippen molar-refractivity contribution in [2.24, 2.45) is 5.92 Å². The number of hydrogen-bond donors (Lipinski definition) is 1. The minimum absolute atomic E-state index is 0.0167. The van der Waals surface area contributed by atoms with Crippen molar-refractivity contribution in [2.45, 2.75) is 38.6 Å². The van der Waals surface area contributed by atoms with E-state index in [9.17, 15) is 9.59 Å². The van der Waals surface area contributed by atoms with E-state index >= 15 is 0 Å². The molecule has 1 saturated carbocycles. The number of hydrogen-bond acceptors (Lipinski definition) is 3. The molecule has 1 atom stereocenters. The summed E-state index contributed by atoms with van der Waals surface area (Å²) in [4.78, 5) is 25.5. The highest BCUT2D eigenvalue weighted by Gasteiger charge is 2.41. The first-order valence-corrected chi connectivity index (χ1v) is 6.87. The van der Waals surface area contributed by atoms with Crippen molar-refractivity contribution in [3.05, 3.63) is 0 Å². The van der Waals surface area contributed by atoms with Gasteiger partial charge in [0.2, 0.25) is 11.8 Å². The summed E-state index contributed by atoms with van der Waals surface area (Å²) >= 11 is 0. The van der Waals surface area contributed by atoms with E-state index in [-0.39, 0.29) is 17.7 Å². The van der Waals surface area contributed by atoms with E-state index in [4.69, 9.17) is 4.74 Å². The van der Waals surface area contributed by atoms with Crippen LogP contribution in [0.25, 0.3) is 0 Å². The molecule has 1 aliphatic carbocycles. The molecular weight excluding hydrogens is 232 g/mol. The van der Waals surface area contributed by atoms with Crippen LogP contribution in [0, 0.1) is 5.92 Å². The number of rotatable bonds is 7. The molecule has 0 spiro atoms. The van der Waals surface area contributed by atoms with Gasteiger partial charge in [0.15, 0.2) is 0 Å². The summed E-state index contributed by atoms with van der Waals surface area (Å²) < 4.78 is 5.20. The molecule has 5 nitrogen and oxygen atoms in total. The summed E-state index contributed by atoms with van der Waals surface area (Å²) in [5.41, 5.74) is 0. The molecule has 18 heavy (non-hydrogen) atoms. The van der Waals surface area contributed by atoms with Gasteiger partial charge in [-0.25, -0.2) is 0 Å². The average molecular weight is 254 g/mol. The summed E-state index contributed by atoms with van der Waals surface area (Å²) in [7, 11) is 0. The lowest BCUT2D eigenvalue weighted by Crippen LogP contribution is -2.34. The van der Waals surface area contributed by atoms with E-state index in [0.717, 1.165) is 19.3 Å². The summed E-state index contributed by atoms with van der Waals surface area (Å²) in [6, 6.07) is 0.424. The summed E-state index contributed by atoms with van der Waals surface area (Å²) in [5, 5.41) is 2.89. The zero-order valence-corrected chi connectivity index (χ0v) is 11.0. The van der Waals surface area contributed by atoms with Crippen molar-refractivity contribution in [1.82, 2.24) is 10.2 Å². The van der Waals surface area contributed by atoms with Crippen LogP contribution in [0.15, 0.2) is 0 Å². The van der Waals surface area contributed by atoms with E-state index in [1.54, 1.807) is 0 Å². The number of ether oxygens (including phenoxy) is 1. The lowest BCUT2D eigenvalue weighted by atomic mass is 10.1. The zero-order chi connectivity index (χ0) is 13.0. The lowest BCUT2D eigenvalue weighted by Gasteiger charge is -2.15. The third kappa shape index (κ3) is 3.45. The highest BCUT2D eigenvalue weighted by Crippen LogP contribution is 2.32. The molecule has 1 aliphatic heterocycles. The van der Waals surface area contributed by atoms with E-state index in [0.29, 0.717) is 38.8 Å². The molecule has 1 saturated heterocycles. The van der Waals surface area contributed by atoms with Crippen LogP contribution < -0.4 is 5.32 Å². The number of carbonyl (C=O) groups is 2. The van der Waals surface area contributed by atoms with Gasteiger partial charge in [-0.2, -0.15) is 0 Å². The molecule has 0 aromatic carbocycles. The number of likely N-dealkylation sites (tertiary alicyclic amines) is 1. The van der Waals surface area contributed by atoms with Gasteiger partial charge in [0.1, 0.15) is 0 Å². The van der Waals surface area contributed by atoms with Crippen molar-refractivity contribution >= 4 is 11.8 Å². The predicted octanol–water partition coefficient (Wildman–Crippen LogP) is 0.540. The van der Waals surface area contributed by atoms with Gasteiger partial charge in [-0.15, -0.1) is 0 Å². The molecule has 2 aliphatic rings. The van der Waals surface area contributed by atoms with Crippen molar-refractivity contribution in [3.63, 3.8) is 0 Å². The SMILES string of the molecule is CCOCCCNC(=O)[C@H]1CC(=O)N(C2CC2)C1. The third-order valence-corrected chi connectivity index (χ3v) is 3.49. The second kappa shape index (κ2) is 6.18. The Morgan fingerprint density at radius 1 is 1.50 bits per heavy atom. The van der Waals surface area contributed by atoms with Gasteiger partial charge in [0, 0.05) is 38.8 Å². The molecule has 0 aromatic heterocycles. The fourth-order valence-electron chi connectivity index (χ4n) is 2.32. The van der Waals surface area contributed by atoms with Crippen molar-refractivity contribution in [2.75, 3.05) is 26.3 Å². The van der Waals surface area contributed by atoms with Crippen LogP contribution >= 0.6 is 0 Å².